The van der Waals surface area contributed by atoms with Gasteiger partial charge in [0.2, 0.25) is 0 Å². The summed E-state index contributed by atoms with van der Waals surface area (Å²) >= 11 is 0. The minimum atomic E-state index is 0. The molecule has 3 heteroatoms. The first kappa shape index (κ1) is 14.2. The summed E-state index contributed by atoms with van der Waals surface area (Å²) in [4.78, 5) is 0. The third-order valence-corrected chi connectivity index (χ3v) is 2.98. The Hall–Kier alpha value is 0.210. The van der Waals surface area contributed by atoms with Gasteiger partial charge < -0.3 is 10.4 Å². The molecule has 0 bridgehead atoms. The van der Waals surface area contributed by atoms with Crippen LogP contribution in [0.2, 0.25) is 0 Å². The van der Waals surface area contributed by atoms with E-state index < -0.39 is 0 Å². The van der Waals surface area contributed by atoms with Gasteiger partial charge >= 0.3 is 0 Å². The average molecular weight is 222 g/mol. The standard InChI is InChI=1S/C11H23NO.ClH/c13-10-4-2-1-3-5-11-6-8-12-9-7-11;/h11-13H,1-10H2;1H. The van der Waals surface area contributed by atoms with Gasteiger partial charge in [0, 0.05) is 6.61 Å². The Morgan fingerprint density at radius 2 is 1.64 bits per heavy atom. The van der Waals surface area contributed by atoms with Crippen molar-refractivity contribution in [2.75, 3.05) is 19.7 Å². The quantitative estimate of drug-likeness (QED) is 0.675. The van der Waals surface area contributed by atoms with Gasteiger partial charge in [-0.25, -0.2) is 0 Å². The van der Waals surface area contributed by atoms with Crippen molar-refractivity contribution < 1.29 is 5.11 Å². The monoisotopic (exact) mass is 221 g/mol. The molecule has 0 aromatic heterocycles. The second-order valence-electron chi connectivity index (χ2n) is 4.12. The summed E-state index contributed by atoms with van der Waals surface area (Å²) in [5.74, 6) is 0.982. The number of unbranched alkanes of at least 4 members (excludes halogenated alkanes) is 3. The van der Waals surface area contributed by atoms with Gasteiger partial charge in [-0.1, -0.05) is 25.7 Å². The molecule has 0 aromatic carbocycles. The highest BCUT2D eigenvalue weighted by molar-refractivity contribution is 5.85. The highest BCUT2D eigenvalue weighted by Gasteiger charge is 2.11. The second-order valence-corrected chi connectivity index (χ2v) is 4.12. The largest absolute Gasteiger partial charge is 0.396 e. The van der Waals surface area contributed by atoms with Crippen LogP contribution in [0.25, 0.3) is 0 Å². The van der Waals surface area contributed by atoms with Crippen LogP contribution in [-0.2, 0) is 0 Å². The van der Waals surface area contributed by atoms with Crippen molar-refractivity contribution in [1.29, 1.82) is 0 Å². The maximum absolute atomic E-state index is 8.61. The van der Waals surface area contributed by atoms with E-state index in [0.717, 1.165) is 12.3 Å². The molecule has 1 fully saturated rings. The van der Waals surface area contributed by atoms with Crippen LogP contribution in [0.3, 0.4) is 0 Å². The van der Waals surface area contributed by atoms with Crippen LogP contribution < -0.4 is 5.32 Å². The number of hydrogen-bond donors (Lipinski definition) is 2. The molecule has 86 valence electrons. The van der Waals surface area contributed by atoms with Gasteiger partial charge in [0.15, 0.2) is 0 Å². The fourth-order valence-corrected chi connectivity index (χ4v) is 2.07. The van der Waals surface area contributed by atoms with E-state index in [4.69, 9.17) is 5.11 Å². The van der Waals surface area contributed by atoms with Crippen LogP contribution >= 0.6 is 12.4 Å². The van der Waals surface area contributed by atoms with Gasteiger partial charge in [-0.05, 0) is 38.3 Å². The molecule has 0 radical (unpaired) electrons. The zero-order chi connectivity index (χ0) is 9.36. The summed E-state index contributed by atoms with van der Waals surface area (Å²) in [6.45, 7) is 2.82. The lowest BCUT2D eigenvalue weighted by molar-refractivity contribution is 0.280. The van der Waals surface area contributed by atoms with Gasteiger partial charge in [-0.3, -0.25) is 0 Å². The lowest BCUT2D eigenvalue weighted by Gasteiger charge is -2.22. The predicted octanol–water partition coefficient (Wildman–Crippen LogP) is 2.35. The van der Waals surface area contributed by atoms with Crippen LogP contribution in [-0.4, -0.2) is 24.8 Å². The van der Waals surface area contributed by atoms with Gasteiger partial charge in [0.1, 0.15) is 0 Å². The molecule has 1 saturated heterocycles. The number of aliphatic hydroxyl groups excluding tert-OH is 1. The Balaban J connectivity index is 0.00000169. The van der Waals surface area contributed by atoms with E-state index in [0.29, 0.717) is 6.61 Å². The zero-order valence-corrected chi connectivity index (χ0v) is 9.82. The molecule has 0 aliphatic carbocycles. The normalized spacial score (nSPS) is 17.8. The summed E-state index contributed by atoms with van der Waals surface area (Å²) in [7, 11) is 0. The van der Waals surface area contributed by atoms with Gasteiger partial charge in [-0.15, -0.1) is 12.4 Å². The molecule has 14 heavy (non-hydrogen) atoms. The van der Waals surface area contributed by atoms with E-state index in [1.165, 1.54) is 51.6 Å². The molecule has 0 unspecified atom stereocenters. The number of aliphatic hydroxyl groups is 1. The molecule has 1 heterocycles. The molecular formula is C11H24ClNO. The zero-order valence-electron chi connectivity index (χ0n) is 9.00. The minimum Gasteiger partial charge on any atom is -0.396 e. The van der Waals surface area contributed by atoms with E-state index in [9.17, 15) is 0 Å². The van der Waals surface area contributed by atoms with E-state index in [1.54, 1.807) is 0 Å². The first-order chi connectivity index (χ1) is 6.43. The van der Waals surface area contributed by atoms with E-state index in [-0.39, 0.29) is 12.4 Å². The van der Waals surface area contributed by atoms with Crippen LogP contribution in [0.5, 0.6) is 0 Å². The molecule has 1 aliphatic heterocycles. The minimum absolute atomic E-state index is 0. The molecule has 1 rings (SSSR count). The van der Waals surface area contributed by atoms with Crippen LogP contribution in [0, 0.1) is 5.92 Å². The molecule has 0 atom stereocenters. The summed E-state index contributed by atoms with van der Waals surface area (Å²) in [5, 5.41) is 12.0. The predicted molar refractivity (Wildman–Crippen MR) is 63.0 cm³/mol. The Morgan fingerprint density at radius 3 is 2.29 bits per heavy atom. The summed E-state index contributed by atoms with van der Waals surface area (Å²) in [5.41, 5.74) is 0. The molecule has 0 saturated carbocycles. The maximum atomic E-state index is 8.61. The van der Waals surface area contributed by atoms with Crippen LogP contribution in [0.15, 0.2) is 0 Å². The van der Waals surface area contributed by atoms with Crippen molar-refractivity contribution >= 4 is 12.4 Å². The highest BCUT2D eigenvalue weighted by atomic mass is 35.5. The Labute approximate surface area is 93.9 Å². The SMILES string of the molecule is Cl.OCCCCCCC1CCNCC1. The highest BCUT2D eigenvalue weighted by Crippen LogP contribution is 2.19. The van der Waals surface area contributed by atoms with Crippen molar-refractivity contribution in [3.8, 4) is 0 Å². The number of nitrogens with one attached hydrogen (secondary N) is 1. The molecule has 1 aliphatic rings. The Kier molecular flexibility index (Phi) is 9.90. The lowest BCUT2D eigenvalue weighted by Crippen LogP contribution is -2.27. The van der Waals surface area contributed by atoms with Crippen molar-refractivity contribution in [2.24, 2.45) is 5.92 Å². The topological polar surface area (TPSA) is 32.3 Å². The van der Waals surface area contributed by atoms with Crippen LogP contribution in [0.4, 0.5) is 0 Å². The van der Waals surface area contributed by atoms with Gasteiger partial charge in [0.25, 0.3) is 0 Å². The smallest absolute Gasteiger partial charge is 0.0431 e. The molecule has 2 nitrogen and oxygen atoms in total. The van der Waals surface area contributed by atoms with Crippen molar-refractivity contribution in [1.82, 2.24) is 5.32 Å². The van der Waals surface area contributed by atoms with E-state index in [2.05, 4.69) is 5.32 Å². The molecule has 2 N–H and O–H groups in total. The summed E-state index contributed by atoms with van der Waals surface area (Å²) < 4.78 is 0. The number of hydrogen-bond acceptors (Lipinski definition) is 2. The third-order valence-electron chi connectivity index (χ3n) is 2.98. The fraction of sp³-hybridized carbons (Fsp3) is 1.00. The van der Waals surface area contributed by atoms with Gasteiger partial charge in [0.05, 0.1) is 0 Å². The first-order valence-corrected chi connectivity index (χ1v) is 5.75. The molecular weight excluding hydrogens is 198 g/mol. The van der Waals surface area contributed by atoms with E-state index in [1.807, 2.05) is 0 Å². The number of halogens is 1. The molecule has 0 amide bonds. The number of piperidine rings is 1. The third kappa shape index (κ3) is 6.63. The maximum Gasteiger partial charge on any atom is 0.0431 e. The van der Waals surface area contributed by atoms with Crippen LogP contribution in [0.1, 0.15) is 44.9 Å². The second kappa shape index (κ2) is 9.75. The van der Waals surface area contributed by atoms with Crippen molar-refractivity contribution in [2.45, 2.75) is 44.9 Å². The fourth-order valence-electron chi connectivity index (χ4n) is 2.07. The molecule has 0 spiro atoms. The van der Waals surface area contributed by atoms with Gasteiger partial charge in [-0.2, -0.15) is 0 Å². The Bertz CT molecular complexity index is 116. The Morgan fingerprint density at radius 1 is 1.00 bits per heavy atom. The number of rotatable bonds is 6. The summed E-state index contributed by atoms with van der Waals surface area (Å²) in [6, 6.07) is 0. The van der Waals surface area contributed by atoms with E-state index >= 15 is 0 Å². The van der Waals surface area contributed by atoms with Crippen molar-refractivity contribution in [3.05, 3.63) is 0 Å². The summed E-state index contributed by atoms with van der Waals surface area (Å²) in [6.07, 6.45) is 9.04. The first-order valence-electron chi connectivity index (χ1n) is 5.75. The van der Waals surface area contributed by atoms with Crippen molar-refractivity contribution in [3.63, 3.8) is 0 Å². The molecule has 0 aromatic rings. The lowest BCUT2D eigenvalue weighted by atomic mass is 9.92. The average Bonchev–Trinajstić information content (AvgIpc) is 2.19.